The average Bonchev–Trinajstić information content (AvgIpc) is 0.695. The van der Waals surface area contributed by atoms with Crippen molar-refractivity contribution in [2.45, 2.75) is 142 Å². The largest absolute Gasteiger partial charge is 0.494 e. The van der Waals surface area contributed by atoms with Gasteiger partial charge in [0.25, 0.3) is 0 Å². The van der Waals surface area contributed by atoms with Crippen LogP contribution in [0.3, 0.4) is 0 Å². The van der Waals surface area contributed by atoms with Gasteiger partial charge in [0.15, 0.2) is 24.6 Å². The van der Waals surface area contributed by atoms with Crippen molar-refractivity contribution in [2.24, 2.45) is 0 Å². The van der Waals surface area contributed by atoms with E-state index in [0.717, 1.165) is 24.3 Å². The first-order valence-electron chi connectivity index (χ1n) is 33.7. The van der Waals surface area contributed by atoms with Crippen LogP contribution in [0.25, 0.3) is 0 Å². The number of hydrogen-bond donors (Lipinski definition) is 0. The Labute approximate surface area is 621 Å². The van der Waals surface area contributed by atoms with Gasteiger partial charge in [0.2, 0.25) is 6.29 Å². The normalized spacial score (nSPS) is 20.8. The smallest absolute Gasteiger partial charge is 0.460 e. The van der Waals surface area contributed by atoms with Crippen molar-refractivity contribution in [1.29, 1.82) is 0 Å². The first-order valence-corrected chi connectivity index (χ1v) is 33.7. The maximum Gasteiger partial charge on any atom is 0.460 e. The Balaban J connectivity index is 0.988. The van der Waals surface area contributed by atoms with Crippen LogP contribution in [0.15, 0.2) is 237 Å². The second-order valence-corrected chi connectivity index (χ2v) is 25.1. The highest BCUT2D eigenvalue weighted by Crippen LogP contribution is 2.64. The quantitative estimate of drug-likeness (QED) is 0.0161. The van der Waals surface area contributed by atoms with Crippen LogP contribution in [0, 0.1) is 0 Å². The second-order valence-electron chi connectivity index (χ2n) is 25.1. The molecule has 0 N–H and O–H groups in total. The Morgan fingerprint density at radius 1 is 0.315 bits per heavy atom. The van der Waals surface area contributed by atoms with Crippen LogP contribution in [-0.4, -0.2) is 153 Å². The summed E-state index contributed by atoms with van der Waals surface area (Å²) in [7, 11) is 0. The van der Waals surface area contributed by atoms with Crippen LogP contribution < -0.4 is 9.47 Å². The fraction of sp³-hybridized carbons (Fsp3) is 0.333. The first kappa shape index (κ1) is 83.3. The zero-order chi connectivity index (χ0) is 80.0. The molecule has 111 heavy (non-hydrogen) atoms. The summed E-state index contributed by atoms with van der Waals surface area (Å²) in [5.74, 6) is -62.0. The maximum absolute atomic E-state index is 14.9. The molecule has 0 saturated carbocycles. The average molecular weight is 1580 g/mol. The number of halogens is 17. The number of carbonyl (C=O) groups is 4. The molecule has 16 nitrogen and oxygen atoms in total. The molecule has 0 radical (unpaired) electrons. The van der Waals surface area contributed by atoms with Crippen LogP contribution >= 0.6 is 0 Å². The maximum atomic E-state index is 14.9. The van der Waals surface area contributed by atoms with E-state index >= 15 is 0 Å². The lowest BCUT2D eigenvalue weighted by Gasteiger charge is -2.47. The monoisotopic (exact) mass is 1580 g/mol. The van der Waals surface area contributed by atoms with Crippen molar-refractivity contribution in [2.75, 3.05) is 19.8 Å². The molecule has 0 aromatic heterocycles. The van der Waals surface area contributed by atoms with Gasteiger partial charge < -0.3 is 56.8 Å². The molecule has 0 amide bonds. The van der Waals surface area contributed by atoms with E-state index < -0.39 is 166 Å². The summed E-state index contributed by atoms with van der Waals surface area (Å²) in [6.07, 6.45) is -28.8. The molecule has 33 heteroatoms. The molecule has 0 unspecified atom stereocenters. The van der Waals surface area contributed by atoms with E-state index in [9.17, 15) is 93.8 Å². The molecule has 2 aliphatic rings. The summed E-state index contributed by atoms with van der Waals surface area (Å²) in [5, 5.41) is 0. The summed E-state index contributed by atoms with van der Waals surface area (Å²) in [6, 6.07) is 60.5. The predicted octanol–water partition coefficient (Wildman–Crippen LogP) is 17.0. The fourth-order valence-corrected chi connectivity index (χ4v) is 11.4. The van der Waals surface area contributed by atoms with Crippen LogP contribution in [0.2, 0.25) is 0 Å². The van der Waals surface area contributed by atoms with Gasteiger partial charge in [0.05, 0.1) is 55.3 Å². The molecule has 8 aromatic rings. The van der Waals surface area contributed by atoms with Crippen molar-refractivity contribution in [3.63, 3.8) is 0 Å². The zero-order valence-electron chi connectivity index (χ0n) is 57.4. The predicted molar refractivity (Wildman–Crippen MR) is 354 cm³/mol. The van der Waals surface area contributed by atoms with Gasteiger partial charge in [-0.15, -0.1) is 0 Å². The SMILES string of the molecule is O=C(OC[C@H]1O[C@H](OC[C@H]2O[C@@H](Oc3ccc(OCCCC(F)(F)C(F)(F)C(F)(F)C(F)(F)C(F)(F)C(F)(F)C(F)(F)C(F)(F)F)cc3)[C@H](OCc3ccccc3)[C@@H](OCc3ccccc3)[C@H]2OCc2ccccc2)[C@H](OC(=O)c2ccccc2)[C@@H](OC(=O)c2ccccc2)[C@@H]1OC(=O)c1ccccc1)c1ccccc1. The first-order chi connectivity index (χ1) is 52.7. The minimum absolute atomic E-state index is 0.00891. The summed E-state index contributed by atoms with van der Waals surface area (Å²) in [6.45, 7) is -3.28. The highest BCUT2D eigenvalue weighted by Gasteiger charge is 2.95. The van der Waals surface area contributed by atoms with Gasteiger partial charge in [-0.2, -0.15) is 74.6 Å². The Kier molecular flexibility index (Phi) is 26.6. The fourth-order valence-electron chi connectivity index (χ4n) is 11.4. The van der Waals surface area contributed by atoms with Crippen LogP contribution in [0.5, 0.6) is 11.5 Å². The van der Waals surface area contributed by atoms with Gasteiger partial charge in [-0.3, -0.25) is 0 Å². The summed E-state index contributed by atoms with van der Waals surface area (Å²) >= 11 is 0. The Bertz CT molecular complexity index is 4300. The highest BCUT2D eigenvalue weighted by atomic mass is 19.4. The zero-order valence-corrected chi connectivity index (χ0v) is 57.4. The molecule has 8 aromatic carbocycles. The Morgan fingerprint density at radius 2 is 0.658 bits per heavy atom. The van der Waals surface area contributed by atoms with Gasteiger partial charge in [-0.25, -0.2) is 19.2 Å². The molecule has 2 saturated heterocycles. The molecular formula is C78H65F17O16. The van der Waals surface area contributed by atoms with Crippen molar-refractivity contribution in [3.8, 4) is 11.5 Å². The Morgan fingerprint density at radius 3 is 1.09 bits per heavy atom. The third-order valence-corrected chi connectivity index (χ3v) is 17.4. The van der Waals surface area contributed by atoms with E-state index in [-0.39, 0.29) is 53.6 Å². The van der Waals surface area contributed by atoms with Gasteiger partial charge in [-0.05, 0) is 95.9 Å². The third kappa shape index (κ3) is 19.1. The molecule has 592 valence electrons. The molecule has 0 aliphatic carbocycles. The molecule has 2 heterocycles. The van der Waals surface area contributed by atoms with Gasteiger partial charge in [0, 0.05) is 6.42 Å². The number of benzene rings is 8. The molecule has 0 bridgehead atoms. The van der Waals surface area contributed by atoms with E-state index in [2.05, 4.69) is 0 Å². The molecule has 2 aliphatic heterocycles. The number of carbonyl (C=O) groups excluding carboxylic acids is 4. The lowest BCUT2D eigenvalue weighted by Crippen LogP contribution is -2.74. The summed E-state index contributed by atoms with van der Waals surface area (Å²) in [4.78, 5) is 57.3. The number of rotatable bonds is 34. The lowest BCUT2D eigenvalue weighted by atomic mass is 9.88. The van der Waals surface area contributed by atoms with Crippen LogP contribution in [-0.2, 0) is 67.2 Å². The number of alkyl halides is 17. The summed E-state index contributed by atoms with van der Waals surface area (Å²) in [5.41, 5.74) is 1.82. The van der Waals surface area contributed by atoms with E-state index in [0.29, 0.717) is 16.7 Å². The topological polar surface area (TPSA) is 179 Å². The van der Waals surface area contributed by atoms with Crippen molar-refractivity contribution < 1.29 is 151 Å². The lowest BCUT2D eigenvalue weighted by molar-refractivity contribution is -0.461. The van der Waals surface area contributed by atoms with Crippen molar-refractivity contribution >= 4 is 23.9 Å². The van der Waals surface area contributed by atoms with Crippen LogP contribution in [0.1, 0.15) is 71.0 Å². The highest BCUT2D eigenvalue weighted by molar-refractivity contribution is 5.91. The number of esters is 4. The van der Waals surface area contributed by atoms with Crippen molar-refractivity contribution in [3.05, 3.63) is 276 Å². The van der Waals surface area contributed by atoms with Crippen molar-refractivity contribution in [1.82, 2.24) is 0 Å². The summed E-state index contributed by atoms with van der Waals surface area (Å²) < 4.78 is 315. The number of hydrogen-bond acceptors (Lipinski definition) is 16. The van der Waals surface area contributed by atoms with E-state index in [1.165, 1.54) is 84.9 Å². The molecule has 0 spiro atoms. The van der Waals surface area contributed by atoms with E-state index in [1.54, 1.807) is 127 Å². The molecule has 10 rings (SSSR count). The molecule has 2 fully saturated rings. The standard InChI is InChI=1S/C78H65F17O16/c79-71(80,72(81,82)73(83,84)74(85,86)75(87,88)76(89,90)77(91,92)78(93,94)95)41-22-42-100-55-37-39-56(40-38-55)106-70-63(103-45-50-27-12-3-13-28-50)61(102-44-49-25-10-2-11-26-49)59(101-43-48-23-8-1-9-24-48)57(108-70)47-105-69-64(111-68(99)54-35-20-7-21-36-54)62(110-67(98)53-33-18-6-19-34-53)60(109-66(97)52-31-16-5-17-32-52)58(107-69)46-104-65(96)51-29-14-4-15-30-51/h1-21,23-40,57-64,69-70H,22,41-47H2/t57-,58-,59+,60-,61+,62+,63-,64-,69+,70-/m1/s1. The molecular weight excluding hydrogens is 1520 g/mol. The second kappa shape index (κ2) is 35.4. The number of ether oxygens (including phenoxy) is 12. The third-order valence-electron chi connectivity index (χ3n) is 17.4. The minimum atomic E-state index is -8.77. The van der Waals surface area contributed by atoms with Gasteiger partial charge >= 0.3 is 71.5 Å². The van der Waals surface area contributed by atoms with Gasteiger partial charge in [0.1, 0.15) is 48.6 Å². The van der Waals surface area contributed by atoms with E-state index in [1.807, 2.05) is 0 Å². The van der Waals surface area contributed by atoms with Gasteiger partial charge in [-0.1, -0.05) is 164 Å². The van der Waals surface area contributed by atoms with Crippen LogP contribution in [0.4, 0.5) is 74.6 Å². The van der Waals surface area contributed by atoms with E-state index in [4.69, 9.17) is 56.8 Å². The Hall–Kier alpha value is -10.2. The minimum Gasteiger partial charge on any atom is -0.494 e. The molecule has 10 atom stereocenters.